The highest BCUT2D eigenvalue weighted by Crippen LogP contribution is 2.24. The van der Waals surface area contributed by atoms with Crippen LogP contribution in [0.1, 0.15) is 31.4 Å². The van der Waals surface area contributed by atoms with E-state index in [1.54, 1.807) is 0 Å². The second kappa shape index (κ2) is 5.61. The van der Waals surface area contributed by atoms with Crippen LogP contribution in [-0.2, 0) is 22.7 Å². The van der Waals surface area contributed by atoms with Crippen molar-refractivity contribution < 1.29 is 14.7 Å². The predicted molar refractivity (Wildman–Crippen MR) is 61.5 cm³/mol. The van der Waals surface area contributed by atoms with Crippen molar-refractivity contribution in [2.24, 2.45) is 5.92 Å². The van der Waals surface area contributed by atoms with Gasteiger partial charge < -0.3 is 10.4 Å². The highest BCUT2D eigenvalue weighted by Gasteiger charge is 2.22. The largest absolute Gasteiger partial charge is 0.480 e. The molecular formula is C11H16N4O3. The smallest absolute Gasteiger partial charge is 0.325 e. The number of nitrogens with one attached hydrogen (secondary N) is 1. The number of carboxylic acids is 1. The summed E-state index contributed by atoms with van der Waals surface area (Å²) >= 11 is 0. The highest BCUT2D eigenvalue weighted by atomic mass is 16.4. The molecule has 0 atom stereocenters. The number of amides is 1. The monoisotopic (exact) mass is 252 g/mol. The van der Waals surface area contributed by atoms with Gasteiger partial charge in [-0.1, -0.05) is 18.1 Å². The molecule has 98 valence electrons. The molecule has 0 aromatic carbocycles. The minimum absolute atomic E-state index is 0.0558. The molecule has 1 aromatic rings. The standard InChI is InChI=1S/C11H16N4O3/c16-10(17)7-15-6-9(13-14-15)5-12-11(18)8-3-1-2-4-8/h6,8H,1-5,7H2,(H,12,18)(H,16,17). The number of nitrogens with zero attached hydrogens (tertiary/aromatic N) is 3. The first-order valence-corrected chi connectivity index (χ1v) is 6.03. The summed E-state index contributed by atoms with van der Waals surface area (Å²) in [5, 5.41) is 18.9. The molecule has 0 saturated heterocycles. The number of hydrogen-bond acceptors (Lipinski definition) is 4. The minimum Gasteiger partial charge on any atom is -0.480 e. The van der Waals surface area contributed by atoms with Gasteiger partial charge in [-0.15, -0.1) is 5.10 Å². The van der Waals surface area contributed by atoms with Crippen LogP contribution in [-0.4, -0.2) is 32.0 Å². The van der Waals surface area contributed by atoms with Crippen molar-refractivity contribution in [3.8, 4) is 0 Å². The lowest BCUT2D eigenvalue weighted by Gasteiger charge is -2.08. The Morgan fingerprint density at radius 1 is 1.44 bits per heavy atom. The van der Waals surface area contributed by atoms with Gasteiger partial charge in [0.1, 0.15) is 12.2 Å². The first-order valence-electron chi connectivity index (χ1n) is 6.03. The third-order valence-corrected chi connectivity index (χ3v) is 3.05. The summed E-state index contributed by atoms with van der Waals surface area (Å²) in [5.41, 5.74) is 0.572. The van der Waals surface area contributed by atoms with E-state index in [1.807, 2.05) is 0 Å². The lowest BCUT2D eigenvalue weighted by molar-refractivity contribution is -0.138. The summed E-state index contributed by atoms with van der Waals surface area (Å²) in [5.74, 6) is -0.791. The van der Waals surface area contributed by atoms with Crippen LogP contribution in [0.15, 0.2) is 6.20 Å². The molecule has 1 aliphatic rings. The summed E-state index contributed by atoms with van der Waals surface area (Å²) in [6.45, 7) is 0.0819. The Morgan fingerprint density at radius 3 is 2.83 bits per heavy atom. The first-order chi connectivity index (χ1) is 8.65. The number of hydrogen-bond donors (Lipinski definition) is 2. The normalized spacial score (nSPS) is 15.8. The Labute approximate surface area is 104 Å². The molecule has 1 fully saturated rings. The fraction of sp³-hybridized carbons (Fsp3) is 0.636. The second-order valence-electron chi connectivity index (χ2n) is 4.50. The summed E-state index contributed by atoms with van der Waals surface area (Å²) in [6, 6.07) is 0. The van der Waals surface area contributed by atoms with E-state index in [0.717, 1.165) is 25.7 Å². The average molecular weight is 252 g/mol. The minimum atomic E-state index is -0.971. The summed E-state index contributed by atoms with van der Waals surface area (Å²) in [7, 11) is 0. The Morgan fingerprint density at radius 2 is 2.17 bits per heavy atom. The molecule has 0 spiro atoms. The molecule has 18 heavy (non-hydrogen) atoms. The Hall–Kier alpha value is -1.92. The number of aromatic nitrogens is 3. The van der Waals surface area contributed by atoms with E-state index in [2.05, 4.69) is 15.6 Å². The second-order valence-corrected chi connectivity index (χ2v) is 4.50. The van der Waals surface area contributed by atoms with Crippen LogP contribution in [0.5, 0.6) is 0 Å². The van der Waals surface area contributed by atoms with Crippen LogP contribution < -0.4 is 5.32 Å². The lowest BCUT2D eigenvalue weighted by atomic mass is 10.1. The fourth-order valence-electron chi connectivity index (χ4n) is 2.15. The van der Waals surface area contributed by atoms with E-state index in [9.17, 15) is 9.59 Å². The molecule has 1 aliphatic carbocycles. The van der Waals surface area contributed by atoms with Crippen molar-refractivity contribution in [3.05, 3.63) is 11.9 Å². The van der Waals surface area contributed by atoms with Crippen LogP contribution in [0.4, 0.5) is 0 Å². The molecule has 2 rings (SSSR count). The first kappa shape index (κ1) is 12.5. The number of aliphatic carboxylic acids is 1. The Kier molecular flexibility index (Phi) is 3.91. The van der Waals surface area contributed by atoms with Gasteiger partial charge in [-0.05, 0) is 12.8 Å². The van der Waals surface area contributed by atoms with Crippen molar-refractivity contribution in [2.45, 2.75) is 38.8 Å². The Balaban J connectivity index is 1.80. The number of carboxylic acid groups (broad SMARTS) is 1. The predicted octanol–water partition coefficient (Wildman–Crippen LogP) is 0.169. The zero-order valence-electron chi connectivity index (χ0n) is 10.0. The zero-order chi connectivity index (χ0) is 13.0. The lowest BCUT2D eigenvalue weighted by Crippen LogP contribution is -2.28. The quantitative estimate of drug-likeness (QED) is 0.778. The van der Waals surface area contributed by atoms with Crippen molar-refractivity contribution in [3.63, 3.8) is 0 Å². The molecule has 7 heteroatoms. The highest BCUT2D eigenvalue weighted by molar-refractivity contribution is 5.78. The van der Waals surface area contributed by atoms with Gasteiger partial charge in [-0.3, -0.25) is 9.59 Å². The van der Waals surface area contributed by atoms with Gasteiger partial charge in [0.25, 0.3) is 0 Å². The molecule has 0 radical (unpaired) electrons. The van der Waals surface area contributed by atoms with E-state index in [4.69, 9.17) is 5.11 Å². The molecule has 2 N–H and O–H groups in total. The van der Waals surface area contributed by atoms with Crippen molar-refractivity contribution in [1.82, 2.24) is 20.3 Å². The molecule has 1 aromatic heterocycles. The van der Waals surface area contributed by atoms with Crippen LogP contribution in [0, 0.1) is 5.92 Å². The van der Waals surface area contributed by atoms with E-state index in [-0.39, 0.29) is 18.4 Å². The van der Waals surface area contributed by atoms with E-state index in [0.29, 0.717) is 12.2 Å². The third-order valence-electron chi connectivity index (χ3n) is 3.05. The Bertz CT molecular complexity index is 437. The summed E-state index contributed by atoms with van der Waals surface area (Å²) < 4.78 is 1.24. The summed E-state index contributed by atoms with van der Waals surface area (Å²) in [4.78, 5) is 22.2. The molecule has 1 saturated carbocycles. The van der Waals surface area contributed by atoms with Crippen molar-refractivity contribution in [1.29, 1.82) is 0 Å². The number of carbonyl (C=O) groups is 2. The SMILES string of the molecule is O=C(O)Cn1cc(CNC(=O)C2CCCC2)nn1. The molecule has 0 bridgehead atoms. The van der Waals surface area contributed by atoms with Gasteiger partial charge in [0.15, 0.2) is 0 Å². The molecule has 1 amide bonds. The molecule has 0 aliphatic heterocycles. The molecule has 1 heterocycles. The summed E-state index contributed by atoms with van der Waals surface area (Å²) in [6.07, 6.45) is 5.68. The molecular weight excluding hydrogens is 236 g/mol. The van der Waals surface area contributed by atoms with Gasteiger partial charge >= 0.3 is 5.97 Å². The van der Waals surface area contributed by atoms with Gasteiger partial charge in [-0.2, -0.15) is 0 Å². The van der Waals surface area contributed by atoms with E-state index in [1.165, 1.54) is 10.9 Å². The van der Waals surface area contributed by atoms with Crippen LogP contribution >= 0.6 is 0 Å². The van der Waals surface area contributed by atoms with Gasteiger partial charge in [-0.25, -0.2) is 4.68 Å². The number of rotatable bonds is 5. The maximum atomic E-state index is 11.7. The van der Waals surface area contributed by atoms with Crippen LogP contribution in [0.25, 0.3) is 0 Å². The van der Waals surface area contributed by atoms with Gasteiger partial charge in [0.05, 0.1) is 12.7 Å². The van der Waals surface area contributed by atoms with Crippen LogP contribution in [0.2, 0.25) is 0 Å². The van der Waals surface area contributed by atoms with E-state index >= 15 is 0 Å². The van der Waals surface area contributed by atoms with Crippen molar-refractivity contribution >= 4 is 11.9 Å². The zero-order valence-corrected chi connectivity index (χ0v) is 10.0. The van der Waals surface area contributed by atoms with Gasteiger partial charge in [0, 0.05) is 5.92 Å². The molecule has 0 unspecified atom stereocenters. The van der Waals surface area contributed by atoms with Gasteiger partial charge in [0.2, 0.25) is 5.91 Å². The van der Waals surface area contributed by atoms with E-state index < -0.39 is 5.97 Å². The van der Waals surface area contributed by atoms with Crippen LogP contribution in [0.3, 0.4) is 0 Å². The maximum Gasteiger partial charge on any atom is 0.325 e. The fourth-order valence-corrected chi connectivity index (χ4v) is 2.15. The third kappa shape index (κ3) is 3.28. The number of carbonyl (C=O) groups excluding carboxylic acids is 1. The average Bonchev–Trinajstić information content (AvgIpc) is 2.95. The maximum absolute atomic E-state index is 11.7. The topological polar surface area (TPSA) is 97.1 Å². The van der Waals surface area contributed by atoms with Crippen molar-refractivity contribution in [2.75, 3.05) is 0 Å². The molecule has 7 nitrogen and oxygen atoms in total.